The molecule has 24 heavy (non-hydrogen) atoms. The normalized spacial score (nSPS) is 11.0. The van der Waals surface area contributed by atoms with Crippen molar-refractivity contribution < 1.29 is 13.9 Å². The molecule has 0 spiro atoms. The molecule has 0 amide bonds. The molecule has 0 saturated heterocycles. The number of anilines is 1. The fraction of sp³-hybridized carbons (Fsp3) is 0.0500. The molecule has 4 heteroatoms. The number of nitrogens with two attached hydrogens (primary N) is 1. The molecular formula is C20H15NO3. The predicted octanol–water partition coefficient (Wildman–Crippen LogP) is 4.41. The van der Waals surface area contributed by atoms with Crippen molar-refractivity contribution >= 4 is 33.4 Å². The number of ketones is 1. The van der Waals surface area contributed by atoms with Gasteiger partial charge in [-0.3, -0.25) is 4.79 Å². The van der Waals surface area contributed by atoms with Crippen LogP contribution in [0.5, 0.6) is 5.75 Å². The van der Waals surface area contributed by atoms with E-state index < -0.39 is 0 Å². The molecule has 0 fully saturated rings. The molecule has 3 aromatic carbocycles. The molecule has 0 atom stereocenters. The zero-order chi connectivity index (χ0) is 16.7. The Balaban J connectivity index is 1.79. The number of rotatable bonds is 3. The van der Waals surface area contributed by atoms with Crippen molar-refractivity contribution in [3.05, 3.63) is 71.8 Å². The number of carbonyl (C=O) groups is 1. The summed E-state index contributed by atoms with van der Waals surface area (Å²) in [4.78, 5) is 12.7. The Bertz CT molecular complexity index is 1080. The SMILES string of the molecule is COc1ccc(C(=O)c2ccc3c(c2)oc2ccccc23)cc1N. The Morgan fingerprint density at radius 1 is 0.917 bits per heavy atom. The number of methoxy groups -OCH3 is 1. The van der Waals surface area contributed by atoms with Crippen LogP contribution in [0.1, 0.15) is 15.9 Å². The highest BCUT2D eigenvalue weighted by Gasteiger charge is 2.14. The van der Waals surface area contributed by atoms with Crippen molar-refractivity contribution in [2.45, 2.75) is 0 Å². The maximum atomic E-state index is 12.7. The first-order chi connectivity index (χ1) is 11.7. The van der Waals surface area contributed by atoms with Crippen molar-refractivity contribution in [2.24, 2.45) is 0 Å². The number of ether oxygens (including phenoxy) is 1. The highest BCUT2D eigenvalue weighted by atomic mass is 16.5. The van der Waals surface area contributed by atoms with Crippen LogP contribution in [0.15, 0.2) is 65.1 Å². The summed E-state index contributed by atoms with van der Waals surface area (Å²) in [6.07, 6.45) is 0. The number of hydrogen-bond donors (Lipinski definition) is 1. The molecular weight excluding hydrogens is 302 g/mol. The van der Waals surface area contributed by atoms with E-state index in [1.165, 1.54) is 0 Å². The summed E-state index contributed by atoms with van der Waals surface area (Å²) in [6.45, 7) is 0. The number of fused-ring (bicyclic) bond motifs is 3. The third-order valence-electron chi connectivity index (χ3n) is 4.13. The summed E-state index contributed by atoms with van der Waals surface area (Å²) in [6, 6.07) is 18.4. The molecule has 0 bridgehead atoms. The average molecular weight is 317 g/mol. The van der Waals surface area contributed by atoms with Crippen molar-refractivity contribution in [2.75, 3.05) is 12.8 Å². The second kappa shape index (κ2) is 5.42. The van der Waals surface area contributed by atoms with Gasteiger partial charge in [0.2, 0.25) is 0 Å². The van der Waals surface area contributed by atoms with Crippen LogP contribution in [0.2, 0.25) is 0 Å². The molecule has 4 rings (SSSR count). The van der Waals surface area contributed by atoms with Gasteiger partial charge in [-0.1, -0.05) is 24.3 Å². The molecule has 0 aliphatic carbocycles. The minimum absolute atomic E-state index is 0.105. The Morgan fingerprint density at radius 2 is 1.62 bits per heavy atom. The van der Waals surface area contributed by atoms with Crippen LogP contribution in [-0.4, -0.2) is 12.9 Å². The molecule has 1 heterocycles. The van der Waals surface area contributed by atoms with E-state index in [0.29, 0.717) is 28.1 Å². The fourth-order valence-electron chi connectivity index (χ4n) is 2.91. The van der Waals surface area contributed by atoms with E-state index in [-0.39, 0.29) is 5.78 Å². The molecule has 4 nitrogen and oxygen atoms in total. The Labute approximate surface area is 138 Å². The second-order valence-corrected chi connectivity index (χ2v) is 5.60. The molecule has 0 saturated carbocycles. The van der Waals surface area contributed by atoms with E-state index in [9.17, 15) is 4.79 Å². The lowest BCUT2D eigenvalue weighted by molar-refractivity contribution is 0.103. The van der Waals surface area contributed by atoms with Crippen LogP contribution in [0.4, 0.5) is 5.69 Å². The quantitative estimate of drug-likeness (QED) is 0.449. The maximum absolute atomic E-state index is 12.7. The number of nitrogen functional groups attached to an aromatic ring is 1. The van der Waals surface area contributed by atoms with Gasteiger partial charge in [-0.15, -0.1) is 0 Å². The first-order valence-corrected chi connectivity index (χ1v) is 7.57. The molecule has 2 N–H and O–H groups in total. The average Bonchev–Trinajstić information content (AvgIpc) is 2.98. The van der Waals surface area contributed by atoms with Gasteiger partial charge in [0, 0.05) is 21.9 Å². The Hall–Kier alpha value is -3.27. The third-order valence-corrected chi connectivity index (χ3v) is 4.13. The van der Waals surface area contributed by atoms with E-state index in [4.69, 9.17) is 14.9 Å². The molecule has 0 unspecified atom stereocenters. The molecule has 0 aliphatic heterocycles. The molecule has 118 valence electrons. The highest BCUT2D eigenvalue weighted by Crippen LogP contribution is 2.30. The second-order valence-electron chi connectivity index (χ2n) is 5.60. The summed E-state index contributed by atoms with van der Waals surface area (Å²) in [5.41, 5.74) is 8.92. The zero-order valence-electron chi connectivity index (χ0n) is 13.1. The van der Waals surface area contributed by atoms with Gasteiger partial charge < -0.3 is 14.9 Å². The summed E-state index contributed by atoms with van der Waals surface area (Å²) in [7, 11) is 1.54. The lowest BCUT2D eigenvalue weighted by atomic mass is 10.0. The zero-order valence-corrected chi connectivity index (χ0v) is 13.1. The van der Waals surface area contributed by atoms with Crippen LogP contribution in [0.3, 0.4) is 0 Å². The first-order valence-electron chi connectivity index (χ1n) is 7.57. The van der Waals surface area contributed by atoms with E-state index in [2.05, 4.69) is 0 Å². The van der Waals surface area contributed by atoms with Crippen molar-refractivity contribution in [3.8, 4) is 5.75 Å². The van der Waals surface area contributed by atoms with E-state index in [1.54, 1.807) is 31.4 Å². The molecule has 0 aliphatic rings. The summed E-state index contributed by atoms with van der Waals surface area (Å²) >= 11 is 0. The third kappa shape index (κ3) is 2.20. The van der Waals surface area contributed by atoms with Gasteiger partial charge in [-0.25, -0.2) is 0 Å². The summed E-state index contributed by atoms with van der Waals surface area (Å²) < 4.78 is 11.0. The highest BCUT2D eigenvalue weighted by molar-refractivity contribution is 6.13. The van der Waals surface area contributed by atoms with Gasteiger partial charge in [-0.2, -0.15) is 0 Å². The van der Waals surface area contributed by atoms with E-state index in [0.717, 1.165) is 16.4 Å². The van der Waals surface area contributed by atoms with Crippen LogP contribution in [0.25, 0.3) is 21.9 Å². The van der Waals surface area contributed by atoms with Gasteiger partial charge in [0.25, 0.3) is 0 Å². The van der Waals surface area contributed by atoms with Crippen LogP contribution >= 0.6 is 0 Å². The predicted molar refractivity (Wildman–Crippen MR) is 94.6 cm³/mol. The number of hydrogen-bond acceptors (Lipinski definition) is 4. The standard InChI is InChI=1S/C20H15NO3/c1-23-18-9-7-12(10-16(18)21)20(22)13-6-8-15-14-4-2-3-5-17(14)24-19(15)11-13/h2-11H,21H2,1H3. The summed E-state index contributed by atoms with van der Waals surface area (Å²) in [5.74, 6) is 0.450. The molecule has 4 aromatic rings. The minimum Gasteiger partial charge on any atom is -0.495 e. The molecule has 0 radical (unpaired) electrons. The lowest BCUT2D eigenvalue weighted by Gasteiger charge is -2.06. The minimum atomic E-state index is -0.105. The topological polar surface area (TPSA) is 65.5 Å². The van der Waals surface area contributed by atoms with E-state index in [1.807, 2.05) is 36.4 Å². The number of benzene rings is 3. The number of furan rings is 1. The van der Waals surface area contributed by atoms with Crippen LogP contribution < -0.4 is 10.5 Å². The Morgan fingerprint density at radius 3 is 2.42 bits per heavy atom. The smallest absolute Gasteiger partial charge is 0.193 e. The van der Waals surface area contributed by atoms with E-state index >= 15 is 0 Å². The van der Waals surface area contributed by atoms with Crippen LogP contribution in [0, 0.1) is 0 Å². The van der Waals surface area contributed by atoms with Gasteiger partial charge in [0.05, 0.1) is 12.8 Å². The maximum Gasteiger partial charge on any atom is 0.193 e. The lowest BCUT2D eigenvalue weighted by Crippen LogP contribution is -2.03. The first kappa shape index (κ1) is 14.3. The summed E-state index contributed by atoms with van der Waals surface area (Å²) in [5, 5.41) is 2.04. The van der Waals surface area contributed by atoms with Crippen molar-refractivity contribution in [1.29, 1.82) is 0 Å². The Kier molecular flexibility index (Phi) is 3.24. The number of para-hydroxylation sites is 1. The largest absolute Gasteiger partial charge is 0.495 e. The van der Waals surface area contributed by atoms with Gasteiger partial charge in [0.1, 0.15) is 16.9 Å². The van der Waals surface area contributed by atoms with Crippen molar-refractivity contribution in [1.82, 2.24) is 0 Å². The van der Waals surface area contributed by atoms with Gasteiger partial charge >= 0.3 is 0 Å². The monoisotopic (exact) mass is 317 g/mol. The number of carbonyl (C=O) groups excluding carboxylic acids is 1. The molecule has 1 aromatic heterocycles. The van der Waals surface area contributed by atoms with Crippen molar-refractivity contribution in [3.63, 3.8) is 0 Å². The fourth-order valence-corrected chi connectivity index (χ4v) is 2.91. The van der Waals surface area contributed by atoms with Gasteiger partial charge in [-0.05, 0) is 36.4 Å². The van der Waals surface area contributed by atoms with Crippen LogP contribution in [-0.2, 0) is 0 Å². The van der Waals surface area contributed by atoms with Gasteiger partial charge in [0.15, 0.2) is 5.78 Å².